The van der Waals surface area contributed by atoms with Crippen LogP contribution in [0, 0.1) is 0 Å². The van der Waals surface area contributed by atoms with Gasteiger partial charge in [0, 0.05) is 17.5 Å². The Morgan fingerprint density at radius 3 is 2.24 bits per heavy atom. The van der Waals surface area contributed by atoms with Crippen LogP contribution in [0.3, 0.4) is 0 Å². The number of carbonyl (C=O) groups is 1. The molecule has 1 aromatic heterocycles. The summed E-state index contributed by atoms with van der Waals surface area (Å²) in [6.07, 6.45) is 0.482. The maximum absolute atomic E-state index is 13.4. The third-order valence-electron chi connectivity index (χ3n) is 5.64. The number of aromatic nitrogens is 2. The van der Waals surface area contributed by atoms with Gasteiger partial charge in [0.25, 0.3) is 11.8 Å². The van der Waals surface area contributed by atoms with Crippen LogP contribution in [0.4, 0.5) is 0 Å². The lowest BCUT2D eigenvalue weighted by Gasteiger charge is -2.21. The van der Waals surface area contributed by atoms with Crippen molar-refractivity contribution in [3.63, 3.8) is 0 Å². The summed E-state index contributed by atoms with van der Waals surface area (Å²) in [6.45, 7) is 0.340. The molecule has 164 valence electrons. The van der Waals surface area contributed by atoms with E-state index in [0.717, 1.165) is 22.4 Å². The summed E-state index contributed by atoms with van der Waals surface area (Å²) in [5.74, 6) is 0.749. The molecular formula is C26H22N4O3. The Bertz CT molecular complexity index is 1270. The Morgan fingerprint density at radius 2 is 1.58 bits per heavy atom. The number of rotatable bonds is 5. The van der Waals surface area contributed by atoms with Crippen LogP contribution in [-0.2, 0) is 4.84 Å². The van der Waals surface area contributed by atoms with Crippen LogP contribution in [0.2, 0.25) is 0 Å². The van der Waals surface area contributed by atoms with Crippen molar-refractivity contribution in [2.45, 2.75) is 12.5 Å². The molecule has 1 amide bonds. The van der Waals surface area contributed by atoms with Crippen LogP contribution in [0.25, 0.3) is 22.6 Å². The standard InChI is InChI=1S/C26H22N4O3/c1-32-28-22-16-23(24-27-25(33-29-24)20-10-6-3-7-11-20)30(17-22)26(31)21-14-12-19(13-15-21)18-8-4-2-5-9-18/h2-15,23H,16-17H2,1H3/t23-/m0/s1. The minimum atomic E-state index is -0.388. The van der Waals surface area contributed by atoms with E-state index in [1.165, 1.54) is 7.11 Å². The number of oxime groups is 1. The third-order valence-corrected chi connectivity index (χ3v) is 5.64. The van der Waals surface area contributed by atoms with Crippen molar-refractivity contribution in [3.8, 4) is 22.6 Å². The summed E-state index contributed by atoms with van der Waals surface area (Å²) in [5, 5.41) is 8.25. The van der Waals surface area contributed by atoms with Crippen molar-refractivity contribution in [2.75, 3.05) is 13.7 Å². The molecule has 0 unspecified atom stereocenters. The quantitative estimate of drug-likeness (QED) is 0.410. The van der Waals surface area contributed by atoms with Crippen LogP contribution >= 0.6 is 0 Å². The van der Waals surface area contributed by atoms with Crippen molar-refractivity contribution in [2.24, 2.45) is 5.16 Å². The van der Waals surface area contributed by atoms with Crippen LogP contribution < -0.4 is 0 Å². The molecule has 0 N–H and O–H groups in total. The molecular weight excluding hydrogens is 416 g/mol. The summed E-state index contributed by atoms with van der Waals surface area (Å²) < 4.78 is 5.49. The predicted molar refractivity (Wildman–Crippen MR) is 124 cm³/mol. The van der Waals surface area contributed by atoms with E-state index >= 15 is 0 Å². The highest BCUT2D eigenvalue weighted by molar-refractivity contribution is 6.00. The van der Waals surface area contributed by atoms with Gasteiger partial charge in [-0.05, 0) is 35.4 Å². The van der Waals surface area contributed by atoms with Crippen LogP contribution in [-0.4, -0.2) is 40.3 Å². The molecule has 1 aliphatic rings. The molecule has 3 aromatic carbocycles. The Labute approximate surface area is 191 Å². The Balaban J connectivity index is 1.42. The monoisotopic (exact) mass is 438 g/mol. The van der Waals surface area contributed by atoms with E-state index in [9.17, 15) is 4.79 Å². The van der Waals surface area contributed by atoms with Gasteiger partial charge in [0.15, 0.2) is 5.82 Å². The molecule has 0 bridgehead atoms. The van der Waals surface area contributed by atoms with Crippen LogP contribution in [0.5, 0.6) is 0 Å². The SMILES string of the molecule is CON=C1C[C@@H](c2noc(-c3ccccc3)n2)N(C(=O)c2ccc(-c3ccccc3)cc2)C1. The lowest BCUT2D eigenvalue weighted by Crippen LogP contribution is -2.31. The molecule has 7 nitrogen and oxygen atoms in total. The van der Waals surface area contributed by atoms with Gasteiger partial charge in [0.2, 0.25) is 0 Å². The van der Waals surface area contributed by atoms with Gasteiger partial charge in [-0.3, -0.25) is 4.79 Å². The zero-order chi connectivity index (χ0) is 22.6. The molecule has 0 aliphatic carbocycles. The lowest BCUT2D eigenvalue weighted by atomic mass is 10.0. The first-order valence-corrected chi connectivity index (χ1v) is 10.7. The number of hydrogen-bond donors (Lipinski definition) is 0. The fraction of sp³-hybridized carbons (Fsp3) is 0.154. The molecule has 0 radical (unpaired) electrons. The summed E-state index contributed by atoms with van der Waals surface area (Å²) >= 11 is 0. The van der Waals surface area contributed by atoms with E-state index in [2.05, 4.69) is 15.3 Å². The molecule has 0 spiro atoms. The van der Waals surface area contributed by atoms with Gasteiger partial charge in [-0.1, -0.05) is 71.0 Å². The molecule has 0 saturated carbocycles. The topological polar surface area (TPSA) is 80.8 Å². The van der Waals surface area contributed by atoms with E-state index in [-0.39, 0.29) is 11.9 Å². The first-order valence-electron chi connectivity index (χ1n) is 10.7. The fourth-order valence-corrected chi connectivity index (χ4v) is 4.01. The highest BCUT2D eigenvalue weighted by Crippen LogP contribution is 2.32. The molecule has 4 aromatic rings. The average Bonchev–Trinajstić information content (AvgIpc) is 3.53. The summed E-state index contributed by atoms with van der Waals surface area (Å²) in [4.78, 5) is 24.7. The van der Waals surface area contributed by atoms with E-state index in [4.69, 9.17) is 9.36 Å². The number of hydrogen-bond acceptors (Lipinski definition) is 6. The zero-order valence-electron chi connectivity index (χ0n) is 18.1. The minimum Gasteiger partial charge on any atom is -0.399 e. The maximum Gasteiger partial charge on any atom is 0.257 e. The second-order valence-electron chi connectivity index (χ2n) is 7.76. The molecule has 2 heterocycles. The third kappa shape index (κ3) is 4.25. The fourth-order valence-electron chi connectivity index (χ4n) is 4.01. The van der Waals surface area contributed by atoms with Gasteiger partial charge in [-0.15, -0.1) is 0 Å². The van der Waals surface area contributed by atoms with Gasteiger partial charge in [-0.2, -0.15) is 4.98 Å². The van der Waals surface area contributed by atoms with Crippen molar-refractivity contribution < 1.29 is 14.2 Å². The summed E-state index contributed by atoms with van der Waals surface area (Å²) in [6, 6.07) is 26.8. The van der Waals surface area contributed by atoms with Crippen molar-refractivity contribution in [1.29, 1.82) is 0 Å². The van der Waals surface area contributed by atoms with Crippen molar-refractivity contribution in [1.82, 2.24) is 15.0 Å². The van der Waals surface area contributed by atoms with E-state index < -0.39 is 0 Å². The van der Waals surface area contributed by atoms with E-state index in [0.29, 0.717) is 30.2 Å². The Morgan fingerprint density at radius 1 is 0.939 bits per heavy atom. The molecule has 7 heteroatoms. The summed E-state index contributed by atoms with van der Waals surface area (Å²) in [7, 11) is 1.50. The normalized spacial score (nSPS) is 16.8. The molecule has 33 heavy (non-hydrogen) atoms. The molecule has 1 saturated heterocycles. The smallest absolute Gasteiger partial charge is 0.257 e. The van der Waals surface area contributed by atoms with E-state index in [1.807, 2.05) is 84.9 Å². The first kappa shape index (κ1) is 20.6. The number of amides is 1. The highest BCUT2D eigenvalue weighted by atomic mass is 16.6. The van der Waals surface area contributed by atoms with Crippen molar-refractivity contribution in [3.05, 3.63) is 96.3 Å². The lowest BCUT2D eigenvalue weighted by molar-refractivity contribution is 0.0732. The molecule has 1 atom stereocenters. The van der Waals surface area contributed by atoms with Crippen LogP contribution in [0.15, 0.2) is 94.6 Å². The summed E-state index contributed by atoms with van der Waals surface area (Å²) in [5.41, 5.74) is 4.32. The second-order valence-corrected chi connectivity index (χ2v) is 7.76. The van der Waals surface area contributed by atoms with Gasteiger partial charge in [0.1, 0.15) is 13.2 Å². The average molecular weight is 438 g/mol. The minimum absolute atomic E-state index is 0.119. The highest BCUT2D eigenvalue weighted by Gasteiger charge is 2.38. The predicted octanol–water partition coefficient (Wildman–Crippen LogP) is 4.99. The molecule has 1 aliphatic heterocycles. The molecule has 1 fully saturated rings. The molecule has 5 rings (SSSR count). The first-order chi connectivity index (χ1) is 16.2. The number of benzene rings is 3. The van der Waals surface area contributed by atoms with Gasteiger partial charge in [-0.25, -0.2) is 0 Å². The number of nitrogens with zero attached hydrogens (tertiary/aromatic N) is 4. The van der Waals surface area contributed by atoms with E-state index in [1.54, 1.807) is 4.90 Å². The second kappa shape index (κ2) is 9.08. The number of carbonyl (C=O) groups excluding carboxylic acids is 1. The largest absolute Gasteiger partial charge is 0.399 e. The van der Waals surface area contributed by atoms with Gasteiger partial charge < -0.3 is 14.3 Å². The van der Waals surface area contributed by atoms with Crippen LogP contribution in [0.1, 0.15) is 28.6 Å². The Kier molecular flexibility index (Phi) is 5.68. The van der Waals surface area contributed by atoms with Gasteiger partial charge in [0.05, 0.1) is 12.3 Å². The van der Waals surface area contributed by atoms with Crippen molar-refractivity contribution >= 4 is 11.6 Å². The van der Waals surface area contributed by atoms with Gasteiger partial charge >= 0.3 is 0 Å². The zero-order valence-corrected chi connectivity index (χ0v) is 18.1. The maximum atomic E-state index is 13.4. The number of likely N-dealkylation sites (tertiary alicyclic amines) is 1. The Hall–Kier alpha value is -4.26.